The molecule has 18 heavy (non-hydrogen) atoms. The van der Waals surface area contributed by atoms with Gasteiger partial charge in [-0.1, -0.05) is 0 Å². The van der Waals surface area contributed by atoms with Crippen LogP contribution in [0.25, 0.3) is 0 Å². The highest BCUT2D eigenvalue weighted by molar-refractivity contribution is 7.88. The predicted octanol–water partition coefficient (Wildman–Crippen LogP) is 1.14. The highest BCUT2D eigenvalue weighted by Gasteiger charge is 2.36. The van der Waals surface area contributed by atoms with Crippen molar-refractivity contribution >= 4 is 10.0 Å². The second-order valence-electron chi connectivity index (χ2n) is 5.76. The zero-order valence-corrected chi connectivity index (χ0v) is 11.8. The van der Waals surface area contributed by atoms with E-state index in [-0.39, 0.29) is 5.92 Å². The van der Waals surface area contributed by atoms with Crippen LogP contribution in [-0.2, 0) is 10.0 Å². The van der Waals surface area contributed by atoms with E-state index in [2.05, 4.69) is 5.32 Å². The molecule has 0 aromatic carbocycles. The molecule has 2 aliphatic heterocycles. The van der Waals surface area contributed by atoms with Gasteiger partial charge in [-0.25, -0.2) is 17.1 Å². The Labute approximate surface area is 109 Å². The Kier molecular flexibility index (Phi) is 4.29. The molecule has 2 unspecified atom stereocenters. The van der Waals surface area contributed by atoms with Crippen LogP contribution in [0.4, 0.5) is 4.39 Å². The number of nitrogens with zero attached hydrogens (tertiary/aromatic N) is 1. The molecule has 0 aromatic heterocycles. The molecule has 0 aliphatic carbocycles. The van der Waals surface area contributed by atoms with Gasteiger partial charge in [0.2, 0.25) is 10.0 Å². The molecule has 0 amide bonds. The van der Waals surface area contributed by atoms with Crippen molar-refractivity contribution in [2.45, 2.75) is 37.8 Å². The first-order chi connectivity index (χ1) is 8.39. The van der Waals surface area contributed by atoms with Gasteiger partial charge in [0.15, 0.2) is 0 Å². The van der Waals surface area contributed by atoms with Gasteiger partial charge in [-0.05, 0) is 44.6 Å². The molecule has 4 nitrogen and oxygen atoms in total. The van der Waals surface area contributed by atoms with E-state index < -0.39 is 15.7 Å². The van der Waals surface area contributed by atoms with Crippen LogP contribution in [0, 0.1) is 5.92 Å². The Balaban J connectivity index is 1.93. The van der Waals surface area contributed by atoms with E-state index in [1.807, 2.05) is 0 Å². The zero-order valence-electron chi connectivity index (χ0n) is 11.0. The summed E-state index contributed by atoms with van der Waals surface area (Å²) < 4.78 is 39.1. The van der Waals surface area contributed by atoms with Gasteiger partial charge in [0.05, 0.1) is 6.26 Å². The fourth-order valence-electron chi connectivity index (χ4n) is 3.12. The lowest BCUT2D eigenvalue weighted by molar-refractivity contribution is 0.0748. The van der Waals surface area contributed by atoms with Crippen molar-refractivity contribution in [1.29, 1.82) is 0 Å². The highest BCUT2D eigenvalue weighted by atomic mass is 32.2. The van der Waals surface area contributed by atoms with E-state index in [9.17, 15) is 12.8 Å². The molecule has 0 aromatic rings. The van der Waals surface area contributed by atoms with Crippen molar-refractivity contribution in [3.05, 3.63) is 0 Å². The lowest BCUT2D eigenvalue weighted by Crippen LogP contribution is -2.46. The quantitative estimate of drug-likeness (QED) is 0.842. The van der Waals surface area contributed by atoms with Crippen molar-refractivity contribution < 1.29 is 12.8 Å². The summed E-state index contributed by atoms with van der Waals surface area (Å²) in [5.41, 5.74) is -1.14. The maximum atomic E-state index is 14.6. The Hall–Kier alpha value is -0.200. The van der Waals surface area contributed by atoms with Gasteiger partial charge in [-0.15, -0.1) is 0 Å². The molecule has 2 fully saturated rings. The smallest absolute Gasteiger partial charge is 0.211 e. The second kappa shape index (κ2) is 5.43. The van der Waals surface area contributed by atoms with Crippen molar-refractivity contribution in [3.63, 3.8) is 0 Å². The Morgan fingerprint density at radius 2 is 2.22 bits per heavy atom. The van der Waals surface area contributed by atoms with Crippen molar-refractivity contribution in [2.24, 2.45) is 5.92 Å². The summed E-state index contributed by atoms with van der Waals surface area (Å²) in [5.74, 6) is 0.165. The number of piperidine rings is 2. The maximum Gasteiger partial charge on any atom is 0.211 e. The second-order valence-corrected chi connectivity index (χ2v) is 7.75. The first-order valence-corrected chi connectivity index (χ1v) is 8.59. The largest absolute Gasteiger partial charge is 0.314 e. The molecule has 2 rings (SSSR count). The van der Waals surface area contributed by atoms with Gasteiger partial charge in [0.25, 0.3) is 0 Å². The molecule has 6 heteroatoms. The number of hydrogen-bond acceptors (Lipinski definition) is 3. The van der Waals surface area contributed by atoms with Crippen LogP contribution in [0.1, 0.15) is 32.1 Å². The number of nitrogens with one attached hydrogen (secondary N) is 1. The highest BCUT2D eigenvalue weighted by Crippen LogP contribution is 2.32. The Bertz CT molecular complexity index is 380. The van der Waals surface area contributed by atoms with Crippen LogP contribution in [0.2, 0.25) is 0 Å². The predicted molar refractivity (Wildman–Crippen MR) is 69.7 cm³/mol. The van der Waals surface area contributed by atoms with Gasteiger partial charge in [0.1, 0.15) is 5.67 Å². The Morgan fingerprint density at radius 1 is 1.44 bits per heavy atom. The van der Waals surface area contributed by atoms with Crippen molar-refractivity contribution in [2.75, 3.05) is 32.4 Å². The minimum Gasteiger partial charge on any atom is -0.314 e. The fraction of sp³-hybridized carbons (Fsp3) is 1.00. The van der Waals surface area contributed by atoms with E-state index in [1.165, 1.54) is 10.6 Å². The number of halogens is 1. The molecule has 0 saturated carbocycles. The molecule has 2 saturated heterocycles. The summed E-state index contributed by atoms with van der Waals surface area (Å²) >= 11 is 0. The molecule has 0 spiro atoms. The number of rotatable bonds is 3. The molecular weight excluding hydrogens is 255 g/mol. The van der Waals surface area contributed by atoms with Crippen LogP contribution in [-0.4, -0.2) is 50.8 Å². The van der Waals surface area contributed by atoms with Crippen molar-refractivity contribution in [3.8, 4) is 0 Å². The molecule has 0 bridgehead atoms. The third kappa shape index (κ3) is 3.65. The monoisotopic (exact) mass is 278 g/mol. The molecule has 0 radical (unpaired) electrons. The van der Waals surface area contributed by atoms with Crippen LogP contribution < -0.4 is 5.32 Å². The molecule has 106 valence electrons. The van der Waals surface area contributed by atoms with E-state index >= 15 is 0 Å². The van der Waals surface area contributed by atoms with E-state index in [0.29, 0.717) is 32.5 Å². The SMILES string of the molecule is CS(=O)(=O)N1CCCC(CC2(F)CCCNC2)C1. The average molecular weight is 278 g/mol. The minimum absolute atomic E-state index is 0.165. The molecule has 2 aliphatic rings. The molecule has 2 atom stereocenters. The van der Waals surface area contributed by atoms with Gasteiger partial charge >= 0.3 is 0 Å². The summed E-state index contributed by atoms with van der Waals surface area (Å²) in [5, 5.41) is 3.10. The summed E-state index contributed by atoms with van der Waals surface area (Å²) in [4.78, 5) is 0. The normalized spacial score (nSPS) is 35.6. The molecule has 1 N–H and O–H groups in total. The standard InChI is InChI=1S/C12H23FN2O2S/c1-18(16,17)15-7-2-4-11(9-15)8-12(13)5-3-6-14-10-12/h11,14H,2-10H2,1H3. The van der Waals surface area contributed by atoms with E-state index in [1.54, 1.807) is 0 Å². The van der Waals surface area contributed by atoms with E-state index in [4.69, 9.17) is 0 Å². The van der Waals surface area contributed by atoms with Gasteiger partial charge in [-0.3, -0.25) is 0 Å². The number of sulfonamides is 1. The Morgan fingerprint density at radius 3 is 2.83 bits per heavy atom. The first-order valence-electron chi connectivity index (χ1n) is 6.74. The summed E-state index contributed by atoms with van der Waals surface area (Å²) in [6, 6.07) is 0. The van der Waals surface area contributed by atoms with Crippen LogP contribution in [0.5, 0.6) is 0 Å². The van der Waals surface area contributed by atoms with Crippen molar-refractivity contribution in [1.82, 2.24) is 9.62 Å². The lowest BCUT2D eigenvalue weighted by Gasteiger charge is -2.37. The van der Waals surface area contributed by atoms with Gasteiger partial charge in [-0.2, -0.15) is 0 Å². The fourth-order valence-corrected chi connectivity index (χ4v) is 4.06. The van der Waals surface area contributed by atoms with Gasteiger partial charge in [0, 0.05) is 19.6 Å². The first kappa shape index (κ1) is 14.2. The van der Waals surface area contributed by atoms with Gasteiger partial charge < -0.3 is 5.32 Å². The van der Waals surface area contributed by atoms with E-state index in [0.717, 1.165) is 25.8 Å². The third-order valence-electron chi connectivity index (χ3n) is 4.03. The lowest BCUT2D eigenvalue weighted by atomic mass is 9.83. The minimum atomic E-state index is -3.12. The maximum absolute atomic E-state index is 14.6. The third-order valence-corrected chi connectivity index (χ3v) is 5.30. The summed E-state index contributed by atoms with van der Waals surface area (Å²) in [6.07, 6.45) is 5.00. The van der Waals surface area contributed by atoms with Crippen LogP contribution in [0.15, 0.2) is 0 Å². The topological polar surface area (TPSA) is 49.4 Å². The average Bonchev–Trinajstić information content (AvgIpc) is 2.28. The molecular formula is C12H23FN2O2S. The number of hydrogen-bond donors (Lipinski definition) is 1. The zero-order chi connectivity index (χ0) is 13.2. The summed E-state index contributed by atoms with van der Waals surface area (Å²) in [7, 11) is -3.12. The van der Waals surface area contributed by atoms with Crippen LogP contribution >= 0.6 is 0 Å². The van der Waals surface area contributed by atoms with Crippen LogP contribution in [0.3, 0.4) is 0 Å². The molecule has 2 heterocycles. The summed E-state index contributed by atoms with van der Waals surface area (Å²) in [6.45, 7) is 2.39. The number of alkyl halides is 1.